The van der Waals surface area contributed by atoms with Gasteiger partial charge in [-0.25, -0.2) is 4.58 Å². The number of nitrogens with one attached hydrogen (secondary N) is 1. The van der Waals surface area contributed by atoms with Crippen LogP contribution in [0.1, 0.15) is 55.3 Å². The van der Waals surface area contributed by atoms with Gasteiger partial charge in [-0.3, -0.25) is 9.78 Å². The van der Waals surface area contributed by atoms with Crippen molar-refractivity contribution < 1.29 is 32.0 Å². The quantitative estimate of drug-likeness (QED) is 0.389. The molecule has 1 unspecified atom stereocenters. The molecule has 0 bridgehead atoms. The van der Waals surface area contributed by atoms with Crippen LogP contribution in [-0.2, 0) is 33.4 Å². The number of hydrogen-bond acceptors (Lipinski definition) is 5. The number of nitrogens with zero attached hydrogens (tertiary/aromatic N) is 3. The van der Waals surface area contributed by atoms with Crippen LogP contribution >= 0.6 is 0 Å². The van der Waals surface area contributed by atoms with Gasteiger partial charge in [0, 0.05) is 69.2 Å². The Morgan fingerprint density at radius 3 is 3.00 bits per heavy atom. The highest BCUT2D eigenvalue weighted by Crippen LogP contribution is 2.45. The summed E-state index contributed by atoms with van der Waals surface area (Å²) in [6.45, 7) is 2.53. The number of amides is 1. The third-order valence-electron chi connectivity index (χ3n) is 9.13. The lowest BCUT2D eigenvalue weighted by Crippen LogP contribution is -2.49. The Labute approximate surface area is 238 Å². The SMILES string of the molecule is CO[C@@H]1COCC[C@@H]1NC1=CC2=C[N+](CCC3C=CCCC3)=C[C@@]2(C(=O)N2CCc3ncc(C(F)(F)F)cc3C2)C1. The summed E-state index contributed by atoms with van der Waals surface area (Å²) in [5.41, 5.74) is 1.34. The van der Waals surface area contributed by atoms with Crippen LogP contribution in [0.4, 0.5) is 13.2 Å². The summed E-state index contributed by atoms with van der Waals surface area (Å²) >= 11 is 0. The Balaban J connectivity index is 1.24. The van der Waals surface area contributed by atoms with Crippen LogP contribution in [0, 0.1) is 11.3 Å². The summed E-state index contributed by atoms with van der Waals surface area (Å²) in [6, 6.07) is 1.23. The van der Waals surface area contributed by atoms with E-state index in [0.717, 1.165) is 49.3 Å². The molecule has 0 saturated carbocycles. The summed E-state index contributed by atoms with van der Waals surface area (Å²) in [5.74, 6) is 0.471. The Morgan fingerprint density at radius 2 is 2.22 bits per heavy atom. The molecule has 0 radical (unpaired) electrons. The molecule has 0 spiro atoms. The van der Waals surface area contributed by atoms with E-state index >= 15 is 0 Å². The molecule has 220 valence electrons. The number of hydrogen-bond donors (Lipinski definition) is 1. The van der Waals surface area contributed by atoms with Gasteiger partial charge in [-0.05, 0) is 49.3 Å². The predicted molar refractivity (Wildman–Crippen MR) is 147 cm³/mol. The number of allylic oxidation sites excluding steroid dienone is 4. The topological polar surface area (TPSA) is 66.7 Å². The number of rotatable bonds is 7. The van der Waals surface area contributed by atoms with E-state index in [0.29, 0.717) is 49.8 Å². The maximum atomic E-state index is 14.4. The lowest BCUT2D eigenvalue weighted by molar-refractivity contribution is -0.452. The van der Waals surface area contributed by atoms with Gasteiger partial charge in [0.15, 0.2) is 17.8 Å². The molecule has 4 heterocycles. The van der Waals surface area contributed by atoms with E-state index in [1.54, 1.807) is 12.0 Å². The number of ether oxygens (including phenoxy) is 2. The van der Waals surface area contributed by atoms with E-state index in [1.807, 2.05) is 0 Å². The molecular formula is C31H38F3N4O3+. The highest BCUT2D eigenvalue weighted by Gasteiger charge is 2.54. The second-order valence-electron chi connectivity index (χ2n) is 11.9. The molecule has 1 aromatic rings. The number of halogens is 3. The van der Waals surface area contributed by atoms with Gasteiger partial charge in [-0.2, -0.15) is 13.2 Å². The third kappa shape index (κ3) is 5.73. The fraction of sp³-hybridized carbons (Fsp3) is 0.581. The molecule has 1 amide bonds. The van der Waals surface area contributed by atoms with Crippen molar-refractivity contribution in [3.63, 3.8) is 0 Å². The van der Waals surface area contributed by atoms with Crippen LogP contribution in [0.5, 0.6) is 0 Å². The van der Waals surface area contributed by atoms with Crippen molar-refractivity contribution in [2.75, 3.05) is 33.4 Å². The summed E-state index contributed by atoms with van der Waals surface area (Å²) in [5, 5.41) is 3.63. The van der Waals surface area contributed by atoms with Gasteiger partial charge in [-0.15, -0.1) is 0 Å². The van der Waals surface area contributed by atoms with Crippen LogP contribution in [0.3, 0.4) is 0 Å². The van der Waals surface area contributed by atoms with Crippen molar-refractivity contribution in [3.8, 4) is 0 Å². The summed E-state index contributed by atoms with van der Waals surface area (Å²) < 4.78 is 53.6. The minimum Gasteiger partial charge on any atom is -0.383 e. The maximum absolute atomic E-state index is 14.4. The Kier molecular flexibility index (Phi) is 7.80. The zero-order chi connectivity index (χ0) is 28.6. The number of methoxy groups -OCH3 is 1. The minimum atomic E-state index is -4.48. The number of pyridine rings is 1. The molecule has 4 atom stereocenters. The number of aromatic nitrogens is 1. The standard InChI is InChI=1S/C31H38F3N4O3/c1-40-28-19-41-12-9-27(28)36-25-14-24-18-37(10-7-21-5-3-2-4-6-21)20-30(24,15-25)29(39)38-11-8-26-22(17-38)13-23(16-35-26)31(32,33)34/h3,5,13-14,16,18,20-21,27-28,36H,2,4,6-12,15,17,19H2,1H3/q+1/t21?,27-,28+,30-/m0/s1. The van der Waals surface area contributed by atoms with Gasteiger partial charge >= 0.3 is 6.18 Å². The molecule has 3 aliphatic heterocycles. The fourth-order valence-corrected chi connectivity index (χ4v) is 6.84. The number of carbonyl (C=O) groups is 1. The highest BCUT2D eigenvalue weighted by molar-refractivity contribution is 6.03. The zero-order valence-corrected chi connectivity index (χ0v) is 23.5. The summed E-state index contributed by atoms with van der Waals surface area (Å²) in [7, 11) is 1.68. The predicted octanol–water partition coefficient (Wildman–Crippen LogP) is 4.38. The maximum Gasteiger partial charge on any atom is 0.417 e. The lowest BCUT2D eigenvalue weighted by atomic mass is 9.81. The molecule has 41 heavy (non-hydrogen) atoms. The smallest absolute Gasteiger partial charge is 0.383 e. The summed E-state index contributed by atoms with van der Waals surface area (Å²) in [6.07, 6.45) is 13.4. The Hall–Kier alpha value is -2.98. The van der Waals surface area contributed by atoms with Crippen molar-refractivity contribution in [1.29, 1.82) is 0 Å². The molecule has 6 rings (SSSR count). The van der Waals surface area contributed by atoms with Crippen LogP contribution in [0.15, 0.2) is 48.0 Å². The van der Waals surface area contributed by atoms with Crippen LogP contribution < -0.4 is 5.32 Å². The molecule has 1 aromatic heterocycles. The third-order valence-corrected chi connectivity index (χ3v) is 9.13. The van der Waals surface area contributed by atoms with E-state index in [-0.39, 0.29) is 24.6 Å². The van der Waals surface area contributed by atoms with Crippen LogP contribution in [0.2, 0.25) is 0 Å². The molecule has 1 N–H and O–H groups in total. The molecule has 0 aromatic carbocycles. The molecule has 1 saturated heterocycles. The van der Waals surface area contributed by atoms with Crippen LogP contribution in [-0.4, -0.2) is 72.1 Å². The van der Waals surface area contributed by atoms with E-state index in [9.17, 15) is 18.0 Å². The first-order chi connectivity index (χ1) is 19.7. The van der Waals surface area contributed by atoms with E-state index in [1.165, 1.54) is 12.8 Å². The first kappa shape index (κ1) is 28.2. The second kappa shape index (κ2) is 11.4. The van der Waals surface area contributed by atoms with Gasteiger partial charge in [0.25, 0.3) is 0 Å². The van der Waals surface area contributed by atoms with Gasteiger partial charge in [-0.1, -0.05) is 12.2 Å². The van der Waals surface area contributed by atoms with Gasteiger partial charge < -0.3 is 19.7 Å². The average molecular weight is 572 g/mol. The fourth-order valence-electron chi connectivity index (χ4n) is 6.84. The first-order valence-corrected chi connectivity index (χ1v) is 14.7. The Morgan fingerprint density at radius 1 is 1.34 bits per heavy atom. The first-order valence-electron chi connectivity index (χ1n) is 14.7. The molecule has 7 nitrogen and oxygen atoms in total. The highest BCUT2D eigenvalue weighted by atomic mass is 19.4. The minimum absolute atomic E-state index is 0.0739. The molecular weight excluding hydrogens is 533 g/mol. The van der Waals surface area contributed by atoms with Crippen molar-refractivity contribution in [1.82, 2.24) is 15.2 Å². The molecule has 2 aliphatic carbocycles. The van der Waals surface area contributed by atoms with Crippen molar-refractivity contribution in [3.05, 3.63) is 64.8 Å². The van der Waals surface area contributed by atoms with E-state index < -0.39 is 17.2 Å². The number of alkyl halides is 3. The van der Waals surface area contributed by atoms with Gasteiger partial charge in [0.1, 0.15) is 12.6 Å². The normalized spacial score (nSPS) is 29.4. The number of fused-ring (bicyclic) bond motifs is 2. The second-order valence-corrected chi connectivity index (χ2v) is 11.9. The molecule has 10 heteroatoms. The van der Waals surface area contributed by atoms with Gasteiger partial charge in [0.05, 0.1) is 18.2 Å². The largest absolute Gasteiger partial charge is 0.417 e. The van der Waals surface area contributed by atoms with E-state index in [4.69, 9.17) is 9.47 Å². The van der Waals surface area contributed by atoms with Crippen molar-refractivity contribution in [2.24, 2.45) is 11.3 Å². The Bertz CT molecular complexity index is 1300. The van der Waals surface area contributed by atoms with Crippen molar-refractivity contribution in [2.45, 2.75) is 69.8 Å². The molecule has 5 aliphatic rings. The number of carbonyl (C=O) groups excluding carboxylic acids is 1. The van der Waals surface area contributed by atoms with Gasteiger partial charge in [0.2, 0.25) is 5.91 Å². The zero-order valence-electron chi connectivity index (χ0n) is 23.5. The average Bonchev–Trinajstić information content (AvgIpc) is 3.49. The lowest BCUT2D eigenvalue weighted by Gasteiger charge is -2.34. The monoisotopic (exact) mass is 571 g/mol. The molecule has 1 fully saturated rings. The van der Waals surface area contributed by atoms with Crippen molar-refractivity contribution >= 4 is 12.1 Å². The van der Waals surface area contributed by atoms with Crippen LogP contribution in [0.25, 0.3) is 0 Å². The summed E-state index contributed by atoms with van der Waals surface area (Å²) in [4.78, 5) is 20.2. The van der Waals surface area contributed by atoms with E-state index in [2.05, 4.69) is 45.5 Å².